The Bertz CT molecular complexity index is 418. The van der Waals surface area contributed by atoms with E-state index >= 15 is 0 Å². The van der Waals surface area contributed by atoms with Crippen molar-refractivity contribution >= 4 is 11.8 Å². The van der Waals surface area contributed by atoms with Gasteiger partial charge in [-0.2, -0.15) is 11.8 Å². The number of unbranched alkanes of at least 4 members (excludes halogenated alkanes) is 2. The second-order valence-corrected chi connectivity index (χ2v) is 8.06. The van der Waals surface area contributed by atoms with Gasteiger partial charge in [0.05, 0.1) is 12.2 Å². The molecule has 0 aliphatic rings. The molecule has 0 bridgehead atoms. The van der Waals surface area contributed by atoms with Crippen LogP contribution in [0.25, 0.3) is 0 Å². The van der Waals surface area contributed by atoms with Crippen LogP contribution < -0.4 is 0 Å². The molecular formula is C24H44O2S. The molecular weight excluding hydrogens is 352 g/mol. The normalized spacial score (nSPS) is 14.2. The summed E-state index contributed by atoms with van der Waals surface area (Å²) in [7, 11) is 0. The third-order valence-electron chi connectivity index (χ3n) is 4.52. The van der Waals surface area contributed by atoms with Crippen LogP contribution in [0.15, 0.2) is 35.8 Å². The quantitative estimate of drug-likeness (QED) is 0.183. The predicted molar refractivity (Wildman–Crippen MR) is 123 cm³/mol. The molecule has 1 unspecified atom stereocenters. The first-order chi connectivity index (χ1) is 13.1. The highest BCUT2D eigenvalue weighted by atomic mass is 32.2. The van der Waals surface area contributed by atoms with E-state index < -0.39 is 0 Å². The van der Waals surface area contributed by atoms with E-state index in [9.17, 15) is 0 Å². The molecule has 0 N–H and O–H groups in total. The predicted octanol–water partition coefficient (Wildman–Crippen LogP) is 8.05. The van der Waals surface area contributed by atoms with Gasteiger partial charge in [0.25, 0.3) is 0 Å². The highest BCUT2D eigenvalue weighted by Crippen LogP contribution is 2.21. The lowest BCUT2D eigenvalue weighted by Gasteiger charge is -2.22. The van der Waals surface area contributed by atoms with E-state index in [1.807, 2.05) is 31.7 Å². The molecule has 2 nitrogen and oxygen atoms in total. The zero-order valence-corrected chi connectivity index (χ0v) is 19.6. The molecule has 0 aliphatic carbocycles. The van der Waals surface area contributed by atoms with Crippen molar-refractivity contribution in [2.24, 2.45) is 0 Å². The van der Waals surface area contributed by atoms with Gasteiger partial charge in [0.2, 0.25) is 0 Å². The van der Waals surface area contributed by atoms with Crippen molar-refractivity contribution in [2.45, 2.75) is 105 Å². The monoisotopic (exact) mass is 396 g/mol. The Kier molecular flexibility index (Phi) is 18.0. The average Bonchev–Trinajstić information content (AvgIpc) is 2.67. The zero-order chi connectivity index (χ0) is 20.3. The SMILES string of the molecule is CC=CC(=CC(=CC)OC(CCCC)CCCC)OC(CCC)CCSC. The van der Waals surface area contributed by atoms with Crippen molar-refractivity contribution in [1.82, 2.24) is 0 Å². The van der Waals surface area contributed by atoms with Crippen molar-refractivity contribution in [3.63, 3.8) is 0 Å². The molecule has 0 aliphatic heterocycles. The molecule has 0 fully saturated rings. The molecule has 0 radical (unpaired) electrons. The number of hydrogen-bond acceptors (Lipinski definition) is 3. The van der Waals surface area contributed by atoms with E-state index in [-0.39, 0.29) is 6.10 Å². The van der Waals surface area contributed by atoms with Gasteiger partial charge in [-0.15, -0.1) is 0 Å². The lowest BCUT2D eigenvalue weighted by atomic mass is 10.1. The first-order valence-electron chi connectivity index (χ1n) is 11.0. The summed E-state index contributed by atoms with van der Waals surface area (Å²) in [5.74, 6) is 2.98. The molecule has 3 heteroatoms. The minimum Gasteiger partial charge on any atom is -0.491 e. The topological polar surface area (TPSA) is 18.5 Å². The van der Waals surface area contributed by atoms with Gasteiger partial charge in [0.1, 0.15) is 11.5 Å². The molecule has 27 heavy (non-hydrogen) atoms. The maximum absolute atomic E-state index is 6.37. The van der Waals surface area contributed by atoms with Gasteiger partial charge in [-0.05, 0) is 63.7 Å². The Balaban J connectivity index is 5.13. The molecule has 0 heterocycles. The summed E-state index contributed by atoms with van der Waals surface area (Å²) in [6.45, 7) is 10.8. The highest BCUT2D eigenvalue weighted by molar-refractivity contribution is 7.98. The number of ether oxygens (including phenoxy) is 2. The maximum atomic E-state index is 6.37. The van der Waals surface area contributed by atoms with Gasteiger partial charge in [-0.3, -0.25) is 0 Å². The maximum Gasteiger partial charge on any atom is 0.123 e. The van der Waals surface area contributed by atoms with Gasteiger partial charge in [0, 0.05) is 6.08 Å². The molecule has 0 aromatic heterocycles. The number of rotatable bonds is 17. The second-order valence-electron chi connectivity index (χ2n) is 7.07. The van der Waals surface area contributed by atoms with Crippen LogP contribution in [0.3, 0.4) is 0 Å². The first-order valence-corrected chi connectivity index (χ1v) is 12.4. The van der Waals surface area contributed by atoms with Crippen molar-refractivity contribution < 1.29 is 9.47 Å². The summed E-state index contributed by atoms with van der Waals surface area (Å²) >= 11 is 1.88. The van der Waals surface area contributed by atoms with Gasteiger partial charge >= 0.3 is 0 Å². The molecule has 0 saturated carbocycles. The fourth-order valence-corrected chi connectivity index (χ4v) is 3.45. The fraction of sp³-hybridized carbons (Fsp3) is 0.750. The standard InChI is InChI=1S/C24H44O2S/c1-7-12-16-23(17-13-8-2)25-21(11-5)20-24(15-10-4)26-22(14-9-3)18-19-27-6/h10-11,15,20,22-23H,7-9,12-14,16-19H2,1-6H3. The van der Waals surface area contributed by atoms with Gasteiger partial charge < -0.3 is 9.47 Å². The minimum absolute atomic E-state index is 0.277. The smallest absolute Gasteiger partial charge is 0.123 e. The molecule has 158 valence electrons. The van der Waals surface area contributed by atoms with Gasteiger partial charge in [0.15, 0.2) is 0 Å². The van der Waals surface area contributed by atoms with E-state index in [4.69, 9.17) is 9.47 Å². The van der Waals surface area contributed by atoms with Crippen LogP contribution in [0.1, 0.15) is 92.4 Å². The summed E-state index contributed by atoms with van der Waals surface area (Å²) in [6, 6.07) is 0. The summed E-state index contributed by atoms with van der Waals surface area (Å²) < 4.78 is 12.7. The van der Waals surface area contributed by atoms with Crippen LogP contribution in [0, 0.1) is 0 Å². The van der Waals surface area contributed by atoms with Gasteiger partial charge in [-0.25, -0.2) is 0 Å². The van der Waals surface area contributed by atoms with E-state index in [0.29, 0.717) is 6.10 Å². The Hall–Kier alpha value is -0.830. The van der Waals surface area contributed by atoms with Crippen LogP contribution in [-0.4, -0.2) is 24.2 Å². The van der Waals surface area contributed by atoms with Crippen LogP contribution >= 0.6 is 11.8 Å². The molecule has 0 aromatic rings. The van der Waals surface area contributed by atoms with Crippen molar-refractivity contribution in [3.8, 4) is 0 Å². The Morgan fingerprint density at radius 3 is 1.89 bits per heavy atom. The molecule has 0 amide bonds. The zero-order valence-electron chi connectivity index (χ0n) is 18.8. The van der Waals surface area contributed by atoms with Crippen molar-refractivity contribution in [1.29, 1.82) is 0 Å². The number of hydrogen-bond donors (Lipinski definition) is 0. The Morgan fingerprint density at radius 1 is 0.815 bits per heavy atom. The third kappa shape index (κ3) is 13.9. The Labute approximate surface area is 173 Å². The molecule has 0 spiro atoms. The highest BCUT2D eigenvalue weighted by Gasteiger charge is 2.13. The van der Waals surface area contributed by atoms with E-state index in [1.165, 1.54) is 25.7 Å². The largest absolute Gasteiger partial charge is 0.491 e. The van der Waals surface area contributed by atoms with E-state index in [1.54, 1.807) is 0 Å². The summed E-state index contributed by atoms with van der Waals surface area (Å²) in [5, 5.41) is 0. The van der Waals surface area contributed by atoms with Crippen molar-refractivity contribution in [2.75, 3.05) is 12.0 Å². The Morgan fingerprint density at radius 2 is 1.41 bits per heavy atom. The molecule has 1 atom stereocenters. The van der Waals surface area contributed by atoms with Crippen LogP contribution in [0.4, 0.5) is 0 Å². The second kappa shape index (κ2) is 18.5. The molecule has 0 aromatic carbocycles. The fourth-order valence-electron chi connectivity index (χ4n) is 2.96. The first kappa shape index (κ1) is 26.2. The summed E-state index contributed by atoms with van der Waals surface area (Å²) in [6.07, 6.45) is 21.5. The third-order valence-corrected chi connectivity index (χ3v) is 5.16. The average molecular weight is 397 g/mol. The lowest BCUT2D eigenvalue weighted by Crippen LogP contribution is -2.15. The van der Waals surface area contributed by atoms with Crippen LogP contribution in [0.2, 0.25) is 0 Å². The number of thioether (sulfide) groups is 1. The van der Waals surface area contributed by atoms with Crippen LogP contribution in [0.5, 0.6) is 0 Å². The minimum atomic E-state index is 0.277. The molecule has 0 rings (SSSR count). The van der Waals surface area contributed by atoms with Crippen LogP contribution in [-0.2, 0) is 9.47 Å². The van der Waals surface area contributed by atoms with E-state index in [2.05, 4.69) is 45.3 Å². The lowest BCUT2D eigenvalue weighted by molar-refractivity contribution is 0.0952. The molecule has 0 saturated heterocycles. The summed E-state index contributed by atoms with van der Waals surface area (Å²) in [4.78, 5) is 0. The summed E-state index contributed by atoms with van der Waals surface area (Å²) in [5.41, 5.74) is 0. The number of allylic oxidation sites excluding steroid dienone is 4. The van der Waals surface area contributed by atoms with Gasteiger partial charge in [-0.1, -0.05) is 59.0 Å². The van der Waals surface area contributed by atoms with Crippen molar-refractivity contribution in [3.05, 3.63) is 35.8 Å². The van der Waals surface area contributed by atoms with E-state index in [0.717, 1.165) is 49.4 Å².